The van der Waals surface area contributed by atoms with E-state index in [1.807, 2.05) is 30.3 Å². The molecule has 0 spiro atoms. The molecule has 1 aliphatic heterocycles. The van der Waals surface area contributed by atoms with Gasteiger partial charge in [0, 0.05) is 23.3 Å². The van der Waals surface area contributed by atoms with Crippen LogP contribution in [0.1, 0.15) is 35.9 Å². The summed E-state index contributed by atoms with van der Waals surface area (Å²) in [7, 11) is 3.16. The highest BCUT2D eigenvalue weighted by Crippen LogP contribution is 2.46. The van der Waals surface area contributed by atoms with Gasteiger partial charge in [-0.3, -0.25) is 4.79 Å². The molecule has 10 heteroatoms. The van der Waals surface area contributed by atoms with Gasteiger partial charge < -0.3 is 24.6 Å². The predicted octanol–water partition coefficient (Wildman–Crippen LogP) is 3.17. The molecule has 0 saturated heterocycles. The Hall–Kier alpha value is -4.34. The van der Waals surface area contributed by atoms with E-state index < -0.39 is 18.6 Å². The van der Waals surface area contributed by atoms with E-state index in [2.05, 4.69) is 15.4 Å². The molecule has 0 bridgehead atoms. The van der Waals surface area contributed by atoms with Crippen LogP contribution in [0.25, 0.3) is 0 Å². The minimum Gasteiger partial charge on any atom is -0.493 e. The van der Waals surface area contributed by atoms with Gasteiger partial charge >= 0.3 is 5.97 Å². The van der Waals surface area contributed by atoms with Crippen molar-refractivity contribution in [3.05, 3.63) is 71.2 Å². The number of ketones is 1. The van der Waals surface area contributed by atoms with Crippen molar-refractivity contribution in [3.63, 3.8) is 0 Å². The van der Waals surface area contributed by atoms with Gasteiger partial charge in [-0.25, -0.2) is 9.48 Å². The van der Waals surface area contributed by atoms with E-state index in [9.17, 15) is 9.59 Å². The highest BCUT2D eigenvalue weighted by molar-refractivity contribution is 6.00. The normalized spacial score (nSPS) is 18.9. The number of nitrogens with zero attached hydrogens (tertiary/aromatic N) is 3. The molecule has 10 nitrogen and oxygen atoms in total. The largest absolute Gasteiger partial charge is 0.493 e. The fourth-order valence-electron chi connectivity index (χ4n) is 4.76. The second kappa shape index (κ2) is 9.13. The molecule has 0 saturated carbocycles. The summed E-state index contributed by atoms with van der Waals surface area (Å²) in [5.74, 6) is 0.932. The highest BCUT2D eigenvalue weighted by Gasteiger charge is 2.40. The number of aromatic nitrogens is 3. The second-order valence-corrected chi connectivity index (χ2v) is 8.31. The fraction of sp³-hybridized carbons (Fsp3) is 0.280. The van der Waals surface area contributed by atoms with Crippen LogP contribution in [0.3, 0.4) is 0 Å². The van der Waals surface area contributed by atoms with Crippen LogP contribution in [0, 0.1) is 0 Å². The maximum absolute atomic E-state index is 13.6. The molecule has 2 aliphatic rings. The Morgan fingerprint density at radius 2 is 1.91 bits per heavy atom. The van der Waals surface area contributed by atoms with Gasteiger partial charge in [-0.15, -0.1) is 0 Å². The van der Waals surface area contributed by atoms with Crippen molar-refractivity contribution in [2.75, 3.05) is 26.1 Å². The molecule has 0 amide bonds. The molecule has 3 aromatic rings. The lowest BCUT2D eigenvalue weighted by molar-refractivity contribution is -0.139. The Labute approximate surface area is 201 Å². The lowest BCUT2D eigenvalue weighted by Crippen LogP contribution is -2.33. The van der Waals surface area contributed by atoms with Crippen molar-refractivity contribution >= 4 is 17.7 Å². The molecule has 2 atom stereocenters. The van der Waals surface area contributed by atoms with Crippen molar-refractivity contribution < 1.29 is 28.9 Å². The van der Waals surface area contributed by atoms with Crippen molar-refractivity contribution in [1.29, 1.82) is 0 Å². The maximum Gasteiger partial charge on any atom is 0.341 e. The molecule has 5 rings (SSSR count). The van der Waals surface area contributed by atoms with Crippen LogP contribution in [0.5, 0.6) is 17.2 Å². The zero-order chi connectivity index (χ0) is 24.5. The summed E-state index contributed by atoms with van der Waals surface area (Å²) in [4.78, 5) is 29.1. The number of aliphatic carboxylic acids is 1. The number of carbonyl (C=O) groups is 2. The number of carboxylic acids is 1. The average Bonchev–Trinajstić information content (AvgIpc) is 3.34. The number of Topliss-reactive ketones (excluding diaryl/α,β-unsaturated/α-hetero) is 1. The first-order valence-corrected chi connectivity index (χ1v) is 11.1. The van der Waals surface area contributed by atoms with Crippen LogP contribution in [0.4, 0.5) is 5.95 Å². The van der Waals surface area contributed by atoms with Crippen molar-refractivity contribution in [3.8, 4) is 17.2 Å². The topological polar surface area (TPSA) is 125 Å². The van der Waals surface area contributed by atoms with E-state index in [0.717, 1.165) is 11.3 Å². The van der Waals surface area contributed by atoms with E-state index in [1.165, 1.54) is 6.33 Å². The third kappa shape index (κ3) is 4.07. The van der Waals surface area contributed by atoms with E-state index >= 15 is 0 Å². The standard InChI is InChI=1S/C25H24N4O6/c1-33-20-8-7-14(11-21(20)34-2)15-9-17-23(18(30)10-15)24(29-25(28-17)26-13-27-29)16-5-3-4-6-19(16)35-12-22(31)32/h3-8,11,13,15,24H,9-10,12H2,1-2H3,(H,31,32)(H,26,27,28)/t15-,24+/m0/s1. The number of carboxylic acid groups (broad SMARTS) is 1. The van der Waals surface area contributed by atoms with Gasteiger partial charge in [0.1, 0.15) is 18.1 Å². The fourth-order valence-corrected chi connectivity index (χ4v) is 4.76. The highest BCUT2D eigenvalue weighted by atomic mass is 16.5. The van der Waals surface area contributed by atoms with Gasteiger partial charge in [0.05, 0.1) is 14.2 Å². The number of ether oxygens (including phenoxy) is 3. The molecule has 0 fully saturated rings. The summed E-state index contributed by atoms with van der Waals surface area (Å²) in [5.41, 5.74) is 2.95. The van der Waals surface area contributed by atoms with Crippen LogP contribution >= 0.6 is 0 Å². The van der Waals surface area contributed by atoms with Gasteiger partial charge in [-0.2, -0.15) is 10.1 Å². The average molecular weight is 476 g/mol. The molecule has 2 heterocycles. The van der Waals surface area contributed by atoms with Crippen molar-refractivity contribution in [2.45, 2.75) is 24.8 Å². The van der Waals surface area contributed by atoms with Gasteiger partial charge in [0.2, 0.25) is 5.95 Å². The number of anilines is 1. The number of carbonyl (C=O) groups excluding carboxylic acids is 1. The monoisotopic (exact) mass is 476 g/mol. The SMILES string of the molecule is COc1ccc([C@@H]2CC(=O)C3=C(C2)Nc2ncnn2[C@@H]3c2ccccc2OCC(=O)O)cc1OC. The minimum atomic E-state index is -1.09. The third-order valence-corrected chi connectivity index (χ3v) is 6.31. The summed E-state index contributed by atoms with van der Waals surface area (Å²) in [6.45, 7) is -0.493. The predicted molar refractivity (Wildman–Crippen MR) is 125 cm³/mol. The number of allylic oxidation sites excluding steroid dienone is 2. The molecular weight excluding hydrogens is 452 g/mol. The summed E-state index contributed by atoms with van der Waals surface area (Å²) in [6, 6.07) is 12.2. The second-order valence-electron chi connectivity index (χ2n) is 8.31. The summed E-state index contributed by atoms with van der Waals surface area (Å²) in [6.07, 6.45) is 2.30. The molecule has 2 aromatic carbocycles. The Kier molecular flexibility index (Phi) is 5.86. The Morgan fingerprint density at radius 3 is 2.69 bits per heavy atom. The smallest absolute Gasteiger partial charge is 0.341 e. The van der Waals surface area contributed by atoms with Crippen LogP contribution in [-0.4, -0.2) is 52.5 Å². The summed E-state index contributed by atoms with van der Waals surface area (Å²) >= 11 is 0. The number of para-hydroxylation sites is 1. The molecule has 180 valence electrons. The van der Waals surface area contributed by atoms with E-state index in [1.54, 1.807) is 31.0 Å². The first-order chi connectivity index (χ1) is 17.0. The Morgan fingerprint density at radius 1 is 1.11 bits per heavy atom. The van der Waals surface area contributed by atoms with Gasteiger partial charge in [0.25, 0.3) is 0 Å². The van der Waals surface area contributed by atoms with Crippen LogP contribution in [0.15, 0.2) is 60.1 Å². The third-order valence-electron chi connectivity index (χ3n) is 6.31. The first kappa shape index (κ1) is 22.5. The van der Waals surface area contributed by atoms with Crippen molar-refractivity contribution in [1.82, 2.24) is 14.8 Å². The Bertz CT molecular complexity index is 1330. The molecule has 35 heavy (non-hydrogen) atoms. The van der Waals surface area contributed by atoms with E-state index in [4.69, 9.17) is 19.3 Å². The number of rotatable bonds is 7. The molecule has 2 N–H and O–H groups in total. The molecule has 0 unspecified atom stereocenters. The van der Waals surface area contributed by atoms with Crippen LogP contribution < -0.4 is 19.5 Å². The number of hydrogen-bond donors (Lipinski definition) is 2. The molecule has 0 radical (unpaired) electrons. The lowest BCUT2D eigenvalue weighted by atomic mass is 9.77. The number of fused-ring (bicyclic) bond motifs is 1. The number of methoxy groups -OCH3 is 2. The van der Waals surface area contributed by atoms with Gasteiger partial charge in [-0.05, 0) is 36.1 Å². The van der Waals surface area contributed by atoms with Gasteiger partial charge in [-0.1, -0.05) is 24.3 Å². The maximum atomic E-state index is 13.6. The quantitative estimate of drug-likeness (QED) is 0.529. The number of hydrogen-bond acceptors (Lipinski definition) is 8. The molecule has 1 aromatic heterocycles. The zero-order valence-corrected chi connectivity index (χ0v) is 19.2. The zero-order valence-electron chi connectivity index (χ0n) is 19.2. The number of nitrogens with one attached hydrogen (secondary N) is 1. The van der Waals surface area contributed by atoms with E-state index in [-0.39, 0.29) is 11.7 Å². The molecular formula is C25H24N4O6. The summed E-state index contributed by atoms with van der Waals surface area (Å²) in [5, 5.41) is 16.7. The lowest BCUT2D eigenvalue weighted by Gasteiger charge is -2.35. The van der Waals surface area contributed by atoms with Crippen molar-refractivity contribution in [2.24, 2.45) is 0 Å². The van der Waals surface area contributed by atoms with Crippen LogP contribution in [0.2, 0.25) is 0 Å². The van der Waals surface area contributed by atoms with Gasteiger partial charge in [0.15, 0.2) is 23.9 Å². The Balaban J connectivity index is 1.55. The molecule has 1 aliphatic carbocycles. The summed E-state index contributed by atoms with van der Waals surface area (Å²) < 4.78 is 18.0. The number of benzene rings is 2. The minimum absolute atomic E-state index is 0.0299. The first-order valence-electron chi connectivity index (χ1n) is 11.1. The van der Waals surface area contributed by atoms with Crippen LogP contribution in [-0.2, 0) is 9.59 Å². The van der Waals surface area contributed by atoms with E-state index in [0.29, 0.717) is 47.2 Å².